The lowest BCUT2D eigenvalue weighted by atomic mass is 10.0. The summed E-state index contributed by atoms with van der Waals surface area (Å²) < 4.78 is 10.6. The number of H-pyrrole nitrogens is 1. The number of hydrogen-bond acceptors (Lipinski definition) is 5. The maximum atomic E-state index is 12.4. The smallest absolute Gasteiger partial charge is 0.289 e. The minimum absolute atomic E-state index is 0.298. The molecule has 1 aromatic heterocycles. The van der Waals surface area contributed by atoms with Crippen molar-refractivity contribution in [1.82, 2.24) is 15.6 Å². The zero-order valence-corrected chi connectivity index (χ0v) is 17.7. The maximum absolute atomic E-state index is 12.4. The van der Waals surface area contributed by atoms with Crippen LogP contribution in [0.2, 0.25) is 0 Å². The number of amides is 1. The van der Waals surface area contributed by atoms with Crippen molar-refractivity contribution in [3.63, 3.8) is 0 Å². The third kappa shape index (κ3) is 4.67. The number of nitrogens with one attached hydrogen (secondary N) is 2. The van der Waals surface area contributed by atoms with Gasteiger partial charge in [0.15, 0.2) is 11.5 Å². The number of carbonyl (C=O) groups excluding carboxylic acids is 1. The normalized spacial score (nSPS) is 10.8. The number of hydrazone groups is 1. The minimum Gasteiger partial charge on any atom is -0.493 e. The van der Waals surface area contributed by atoms with Gasteiger partial charge in [0.2, 0.25) is 0 Å². The number of aromatic nitrogens is 2. The molecule has 4 rings (SSSR count). The van der Waals surface area contributed by atoms with E-state index in [1.165, 1.54) is 0 Å². The Balaban J connectivity index is 1.40. The van der Waals surface area contributed by atoms with Gasteiger partial charge in [-0.2, -0.15) is 10.2 Å². The quantitative estimate of drug-likeness (QED) is 0.336. The van der Waals surface area contributed by atoms with E-state index in [1.54, 1.807) is 38.6 Å². The van der Waals surface area contributed by atoms with Gasteiger partial charge in [-0.25, -0.2) is 5.43 Å². The molecule has 0 atom stereocenters. The maximum Gasteiger partial charge on any atom is 0.289 e. The van der Waals surface area contributed by atoms with Gasteiger partial charge in [0.25, 0.3) is 5.91 Å². The number of carbonyl (C=O) groups is 1. The lowest BCUT2D eigenvalue weighted by Crippen LogP contribution is -2.17. The van der Waals surface area contributed by atoms with Crippen molar-refractivity contribution in [2.45, 2.75) is 0 Å². The van der Waals surface area contributed by atoms with Crippen molar-refractivity contribution < 1.29 is 14.3 Å². The van der Waals surface area contributed by atoms with E-state index >= 15 is 0 Å². The van der Waals surface area contributed by atoms with E-state index in [0.29, 0.717) is 22.9 Å². The largest absolute Gasteiger partial charge is 0.493 e. The Morgan fingerprint density at radius 1 is 0.875 bits per heavy atom. The molecule has 0 aliphatic rings. The van der Waals surface area contributed by atoms with Gasteiger partial charge in [0, 0.05) is 5.56 Å². The number of ether oxygens (including phenoxy) is 2. The summed E-state index contributed by atoms with van der Waals surface area (Å²) in [5, 5.41) is 11.0. The third-order valence-electron chi connectivity index (χ3n) is 4.90. The van der Waals surface area contributed by atoms with E-state index < -0.39 is 0 Å². The molecule has 0 saturated carbocycles. The second kappa shape index (κ2) is 9.61. The molecule has 160 valence electrons. The van der Waals surface area contributed by atoms with Crippen LogP contribution in [-0.4, -0.2) is 36.5 Å². The van der Waals surface area contributed by atoms with Crippen molar-refractivity contribution in [2.75, 3.05) is 14.2 Å². The summed E-state index contributed by atoms with van der Waals surface area (Å²) in [5.74, 6) is 0.819. The molecule has 1 heterocycles. The summed E-state index contributed by atoms with van der Waals surface area (Å²) >= 11 is 0. The van der Waals surface area contributed by atoms with Gasteiger partial charge in [-0.3, -0.25) is 9.89 Å². The highest BCUT2D eigenvalue weighted by Crippen LogP contribution is 2.31. The van der Waals surface area contributed by atoms with E-state index in [2.05, 4.69) is 32.9 Å². The molecular weight excluding hydrogens is 404 g/mol. The van der Waals surface area contributed by atoms with Crippen molar-refractivity contribution in [2.24, 2.45) is 5.10 Å². The average Bonchev–Trinajstić information content (AvgIpc) is 3.35. The van der Waals surface area contributed by atoms with Gasteiger partial charge in [0.1, 0.15) is 5.69 Å². The standard InChI is InChI=1S/C25H22N4O3/c1-31-23-13-12-20(14-24(23)32-2)21-15-22(28-27-21)25(30)29-26-16-17-8-10-19(11-9-17)18-6-4-3-5-7-18/h3-16H,1-2H3,(H,27,28)(H,29,30)/b26-16+. The van der Waals surface area contributed by atoms with Crippen LogP contribution in [0.4, 0.5) is 0 Å². The highest BCUT2D eigenvalue weighted by Gasteiger charge is 2.12. The number of benzene rings is 3. The van der Waals surface area contributed by atoms with Gasteiger partial charge >= 0.3 is 0 Å². The van der Waals surface area contributed by atoms with Crippen molar-refractivity contribution >= 4 is 12.1 Å². The molecule has 0 aliphatic heterocycles. The van der Waals surface area contributed by atoms with E-state index in [4.69, 9.17) is 9.47 Å². The Labute approximate surface area is 185 Å². The second-order valence-corrected chi connectivity index (χ2v) is 6.92. The molecule has 0 saturated heterocycles. The molecule has 0 bridgehead atoms. The van der Waals surface area contributed by atoms with Gasteiger partial charge in [-0.05, 0) is 41.0 Å². The topological polar surface area (TPSA) is 88.6 Å². The first-order chi connectivity index (χ1) is 15.7. The van der Waals surface area contributed by atoms with Crippen LogP contribution >= 0.6 is 0 Å². The fourth-order valence-electron chi connectivity index (χ4n) is 3.20. The third-order valence-corrected chi connectivity index (χ3v) is 4.90. The van der Waals surface area contributed by atoms with Crippen LogP contribution in [0, 0.1) is 0 Å². The number of methoxy groups -OCH3 is 2. The fraction of sp³-hybridized carbons (Fsp3) is 0.0800. The van der Waals surface area contributed by atoms with Crippen molar-refractivity contribution in [3.8, 4) is 33.9 Å². The summed E-state index contributed by atoms with van der Waals surface area (Å²) in [6, 6.07) is 25.1. The molecule has 0 radical (unpaired) electrons. The highest BCUT2D eigenvalue weighted by atomic mass is 16.5. The Bertz CT molecular complexity index is 1230. The van der Waals surface area contributed by atoms with Crippen LogP contribution in [0.5, 0.6) is 11.5 Å². The molecule has 7 nitrogen and oxygen atoms in total. The number of hydrogen-bond donors (Lipinski definition) is 2. The van der Waals surface area contributed by atoms with Crippen LogP contribution in [0.1, 0.15) is 16.1 Å². The minimum atomic E-state index is -0.388. The molecule has 7 heteroatoms. The summed E-state index contributed by atoms with van der Waals surface area (Å²) in [6.45, 7) is 0. The van der Waals surface area contributed by atoms with Gasteiger partial charge in [0.05, 0.1) is 26.1 Å². The molecule has 3 aromatic carbocycles. The van der Waals surface area contributed by atoms with Crippen LogP contribution in [0.15, 0.2) is 84.0 Å². The Morgan fingerprint density at radius 2 is 1.56 bits per heavy atom. The van der Waals surface area contributed by atoms with Crippen LogP contribution in [-0.2, 0) is 0 Å². The monoisotopic (exact) mass is 426 g/mol. The molecule has 0 fully saturated rings. The Kier molecular flexibility index (Phi) is 6.27. The van der Waals surface area contributed by atoms with Crippen molar-refractivity contribution in [1.29, 1.82) is 0 Å². The summed E-state index contributed by atoms with van der Waals surface area (Å²) in [6.07, 6.45) is 1.60. The highest BCUT2D eigenvalue weighted by molar-refractivity contribution is 5.94. The zero-order valence-electron chi connectivity index (χ0n) is 17.7. The second-order valence-electron chi connectivity index (χ2n) is 6.92. The fourth-order valence-corrected chi connectivity index (χ4v) is 3.20. The first-order valence-electron chi connectivity index (χ1n) is 9.94. The molecular formula is C25H22N4O3. The molecule has 1 amide bonds. The van der Waals surface area contributed by atoms with Crippen molar-refractivity contribution in [3.05, 3.63) is 90.1 Å². The van der Waals surface area contributed by atoms with E-state index in [9.17, 15) is 4.79 Å². The molecule has 0 unspecified atom stereocenters. The summed E-state index contributed by atoms with van der Waals surface area (Å²) in [4.78, 5) is 12.4. The number of rotatable bonds is 7. The first-order valence-corrected chi connectivity index (χ1v) is 9.94. The predicted octanol–water partition coefficient (Wildman–Crippen LogP) is 4.52. The first kappa shape index (κ1) is 20.9. The molecule has 32 heavy (non-hydrogen) atoms. The lowest BCUT2D eigenvalue weighted by molar-refractivity contribution is 0.0950. The lowest BCUT2D eigenvalue weighted by Gasteiger charge is -2.08. The number of aromatic amines is 1. The SMILES string of the molecule is COc1ccc(-c2cc(C(=O)N/N=C/c3ccc(-c4ccccc4)cc3)[nH]n2)cc1OC. The Hall–Kier alpha value is -4.39. The van der Waals surface area contributed by atoms with Gasteiger partial charge in [-0.15, -0.1) is 0 Å². The van der Waals surface area contributed by atoms with E-state index in [0.717, 1.165) is 22.3 Å². The summed E-state index contributed by atoms with van der Waals surface area (Å²) in [5.41, 5.74) is 7.35. The van der Waals surface area contributed by atoms with E-state index in [-0.39, 0.29) is 5.91 Å². The molecule has 4 aromatic rings. The van der Waals surface area contributed by atoms with Crippen LogP contribution in [0.25, 0.3) is 22.4 Å². The zero-order chi connectivity index (χ0) is 22.3. The molecule has 2 N–H and O–H groups in total. The summed E-state index contributed by atoms with van der Waals surface area (Å²) in [7, 11) is 3.14. The van der Waals surface area contributed by atoms with Gasteiger partial charge < -0.3 is 9.47 Å². The van der Waals surface area contributed by atoms with E-state index in [1.807, 2.05) is 48.5 Å². The van der Waals surface area contributed by atoms with Crippen LogP contribution in [0.3, 0.4) is 0 Å². The molecule has 0 spiro atoms. The Morgan fingerprint density at radius 3 is 2.28 bits per heavy atom. The molecule has 0 aliphatic carbocycles. The van der Waals surface area contributed by atoms with Crippen LogP contribution < -0.4 is 14.9 Å². The predicted molar refractivity (Wildman–Crippen MR) is 124 cm³/mol. The van der Waals surface area contributed by atoms with Gasteiger partial charge in [-0.1, -0.05) is 54.6 Å². The average molecular weight is 426 g/mol. The number of nitrogens with zero attached hydrogens (tertiary/aromatic N) is 2.